The van der Waals surface area contributed by atoms with Gasteiger partial charge in [0.25, 0.3) is 0 Å². The van der Waals surface area contributed by atoms with E-state index in [4.69, 9.17) is 9.47 Å². The third-order valence-corrected chi connectivity index (χ3v) is 9.49. The van der Waals surface area contributed by atoms with E-state index in [1.54, 1.807) is 12.1 Å². The molecule has 12 heteroatoms. The monoisotopic (exact) mass is 600 g/mol. The zero-order chi connectivity index (χ0) is 30.2. The van der Waals surface area contributed by atoms with Gasteiger partial charge in [-0.3, -0.25) is 0 Å². The van der Waals surface area contributed by atoms with Gasteiger partial charge < -0.3 is 30.2 Å². The number of hydrogen-bond donors (Lipinski definition) is 3. The Morgan fingerprint density at radius 2 is 1.88 bits per heavy atom. The van der Waals surface area contributed by atoms with Gasteiger partial charge in [-0.15, -0.1) is 13.2 Å². The number of nitrogens with zero attached hydrogens (tertiary/aromatic N) is 3. The average molecular weight is 601 g/mol. The molecular weight excluding hydrogens is 561 g/mol. The number of benzene rings is 1. The zero-order valence-corrected chi connectivity index (χ0v) is 24.5. The molecule has 43 heavy (non-hydrogen) atoms. The van der Waals surface area contributed by atoms with Crippen molar-refractivity contribution in [3.8, 4) is 11.8 Å². The Kier molecular flexibility index (Phi) is 8.17. The average Bonchev–Trinajstić information content (AvgIpc) is 3.30. The molecule has 1 saturated heterocycles. The number of halogens is 3. The molecule has 4 aliphatic carbocycles. The van der Waals surface area contributed by atoms with Gasteiger partial charge in [-0.25, -0.2) is 4.98 Å². The van der Waals surface area contributed by atoms with Crippen LogP contribution in [0, 0.1) is 34.5 Å². The number of aromatic nitrogens is 2. The molecule has 1 aromatic carbocycles. The highest BCUT2D eigenvalue weighted by molar-refractivity contribution is 5.53. The highest BCUT2D eigenvalue weighted by Crippen LogP contribution is 2.60. The Hall–Kier alpha value is -3.14. The summed E-state index contributed by atoms with van der Waals surface area (Å²) in [6, 6.07) is 8.61. The molecule has 0 spiro atoms. The van der Waals surface area contributed by atoms with Crippen LogP contribution in [0.1, 0.15) is 63.5 Å². The van der Waals surface area contributed by atoms with E-state index in [9.17, 15) is 18.4 Å². The smallest absolute Gasteiger partial charge is 0.405 e. The molecule has 6 atom stereocenters. The number of para-hydroxylation sites is 1. The first kappa shape index (κ1) is 29.9. The fourth-order valence-electron chi connectivity index (χ4n) is 8.06. The third kappa shape index (κ3) is 7.00. The van der Waals surface area contributed by atoms with Gasteiger partial charge in [-0.05, 0) is 88.2 Å². The van der Waals surface area contributed by atoms with Crippen LogP contribution in [0.15, 0.2) is 30.5 Å². The quantitative estimate of drug-likeness (QED) is 0.304. The molecule has 0 amide bonds. The fraction of sp³-hybridized carbons (Fsp3) is 0.645. The zero-order valence-electron chi connectivity index (χ0n) is 24.5. The molecule has 2 aromatic rings. The Morgan fingerprint density at radius 1 is 1.12 bits per heavy atom. The van der Waals surface area contributed by atoms with Crippen molar-refractivity contribution >= 4 is 11.8 Å². The van der Waals surface area contributed by atoms with Gasteiger partial charge >= 0.3 is 6.36 Å². The fourth-order valence-corrected chi connectivity index (χ4v) is 8.06. The Bertz CT molecular complexity index is 1330. The van der Waals surface area contributed by atoms with Crippen molar-refractivity contribution in [2.45, 2.75) is 83.2 Å². The van der Waals surface area contributed by atoms with Crippen molar-refractivity contribution in [3.63, 3.8) is 0 Å². The van der Waals surface area contributed by atoms with Gasteiger partial charge in [0, 0.05) is 24.7 Å². The van der Waals surface area contributed by atoms with Crippen LogP contribution in [0.5, 0.6) is 5.75 Å². The van der Waals surface area contributed by atoms with Gasteiger partial charge in [-0.2, -0.15) is 10.2 Å². The topological polar surface area (TPSA) is 113 Å². The normalized spacial score (nSPS) is 30.7. The summed E-state index contributed by atoms with van der Waals surface area (Å²) in [6.45, 7) is 6.24. The predicted octanol–water partition coefficient (Wildman–Crippen LogP) is 5.60. The maximum atomic E-state index is 12.8. The van der Waals surface area contributed by atoms with E-state index >= 15 is 0 Å². The lowest BCUT2D eigenvalue weighted by atomic mass is 9.48. The Labute approximate surface area is 249 Å². The first-order valence-electron chi connectivity index (χ1n) is 15.1. The largest absolute Gasteiger partial charge is 0.573 e. The van der Waals surface area contributed by atoms with E-state index in [1.807, 2.05) is 13.8 Å². The van der Waals surface area contributed by atoms with Crippen LogP contribution in [0.25, 0.3) is 0 Å². The minimum atomic E-state index is -4.79. The van der Waals surface area contributed by atoms with E-state index in [1.165, 1.54) is 37.6 Å². The van der Waals surface area contributed by atoms with Crippen LogP contribution in [0.3, 0.4) is 0 Å². The van der Waals surface area contributed by atoms with Crippen LogP contribution in [-0.2, 0) is 16.0 Å². The summed E-state index contributed by atoms with van der Waals surface area (Å²) in [5.74, 6) is 1.86. The van der Waals surface area contributed by atoms with Gasteiger partial charge in [0.05, 0.1) is 18.9 Å². The minimum Gasteiger partial charge on any atom is -0.405 e. The maximum Gasteiger partial charge on any atom is 0.573 e. The number of hydrogen-bond acceptors (Lipinski definition) is 9. The van der Waals surface area contributed by atoms with Gasteiger partial charge in [0.1, 0.15) is 23.2 Å². The molecule has 5 fully saturated rings. The molecule has 3 N–H and O–H groups in total. The van der Waals surface area contributed by atoms with Crippen LogP contribution < -0.4 is 20.7 Å². The Balaban J connectivity index is 1.06. The second-order valence-corrected chi connectivity index (χ2v) is 13.1. The summed E-state index contributed by atoms with van der Waals surface area (Å²) in [4.78, 5) is 8.74. The van der Waals surface area contributed by atoms with Crippen molar-refractivity contribution < 1.29 is 27.4 Å². The first-order valence-corrected chi connectivity index (χ1v) is 15.1. The highest BCUT2D eigenvalue weighted by atomic mass is 19.4. The summed E-state index contributed by atoms with van der Waals surface area (Å²) < 4.78 is 54.3. The van der Waals surface area contributed by atoms with E-state index in [0.717, 1.165) is 38.3 Å². The lowest BCUT2D eigenvalue weighted by Crippen LogP contribution is -2.59. The molecule has 4 bridgehead atoms. The summed E-state index contributed by atoms with van der Waals surface area (Å²) in [6.07, 6.45) is 3.70. The van der Waals surface area contributed by atoms with Gasteiger partial charge in [0.2, 0.25) is 5.95 Å². The summed E-state index contributed by atoms with van der Waals surface area (Å²) >= 11 is 0. The predicted molar refractivity (Wildman–Crippen MR) is 153 cm³/mol. The SMILES string of the molecule is CC1(C)OC[C@H](CCNC2[C@@H]3CC4C[C@H]2CC(CNc2nc(NCc5ccccc5OC(F)(F)F)ncc2C#N)(C4)C3)O1. The van der Waals surface area contributed by atoms with E-state index in [2.05, 4.69) is 36.7 Å². The maximum absolute atomic E-state index is 12.8. The van der Waals surface area contributed by atoms with E-state index in [-0.39, 0.29) is 29.8 Å². The Morgan fingerprint density at radius 3 is 2.58 bits per heavy atom. The summed E-state index contributed by atoms with van der Waals surface area (Å²) in [5, 5.41) is 20.0. The molecule has 2 heterocycles. The molecule has 7 rings (SSSR count). The second kappa shape index (κ2) is 11.7. The van der Waals surface area contributed by atoms with Crippen molar-refractivity contribution in [1.82, 2.24) is 15.3 Å². The van der Waals surface area contributed by atoms with Gasteiger partial charge in [-0.1, -0.05) is 18.2 Å². The van der Waals surface area contributed by atoms with Crippen molar-refractivity contribution in [2.24, 2.45) is 23.2 Å². The van der Waals surface area contributed by atoms with Crippen LogP contribution in [0.4, 0.5) is 24.9 Å². The van der Waals surface area contributed by atoms with E-state index < -0.39 is 12.1 Å². The standard InChI is InChI=1S/C31H39F3N6O3/c1-29(2)41-17-24(42-29)7-8-36-26-21-9-19-10-22(26)13-30(11-19,12-21)18-39-27-23(14-35)16-38-28(40-27)37-15-20-5-3-4-6-25(20)43-31(32,33)34/h3-6,16,19,21-22,24,26,36H,7-13,15,17-18H2,1-2H3,(H2,37,38,39,40)/t19?,21-,22+,24-,26?,30?/m0/s1. The van der Waals surface area contributed by atoms with Gasteiger partial charge in [0.15, 0.2) is 5.79 Å². The lowest BCUT2D eigenvalue weighted by Gasteiger charge is -2.60. The lowest BCUT2D eigenvalue weighted by molar-refractivity contribution is -0.274. The van der Waals surface area contributed by atoms with Crippen LogP contribution in [-0.4, -0.2) is 54.0 Å². The van der Waals surface area contributed by atoms with Crippen molar-refractivity contribution in [2.75, 3.05) is 30.3 Å². The molecule has 0 radical (unpaired) electrons. The minimum absolute atomic E-state index is 0.0264. The third-order valence-electron chi connectivity index (χ3n) is 9.49. The molecule has 3 unspecified atom stereocenters. The molecule has 5 aliphatic rings. The van der Waals surface area contributed by atoms with Crippen LogP contribution >= 0.6 is 0 Å². The number of rotatable bonds is 11. The van der Waals surface area contributed by atoms with Crippen molar-refractivity contribution in [1.29, 1.82) is 5.26 Å². The molecule has 232 valence electrons. The number of nitrogens with one attached hydrogen (secondary N) is 3. The summed E-state index contributed by atoms with van der Waals surface area (Å²) in [7, 11) is 0. The molecule has 1 aliphatic heterocycles. The second-order valence-electron chi connectivity index (χ2n) is 13.1. The number of nitriles is 1. The highest BCUT2D eigenvalue weighted by Gasteiger charge is 2.55. The van der Waals surface area contributed by atoms with E-state index in [0.29, 0.717) is 41.4 Å². The molecule has 9 nitrogen and oxygen atoms in total. The molecule has 1 aromatic heterocycles. The number of ether oxygens (including phenoxy) is 3. The first-order chi connectivity index (χ1) is 20.5. The molecular formula is C31H39F3N6O3. The van der Waals surface area contributed by atoms with Crippen molar-refractivity contribution in [3.05, 3.63) is 41.6 Å². The molecule has 4 saturated carbocycles. The number of alkyl halides is 3. The van der Waals surface area contributed by atoms with Crippen LogP contribution in [0.2, 0.25) is 0 Å². The number of anilines is 2. The summed E-state index contributed by atoms with van der Waals surface area (Å²) in [5.41, 5.74) is 0.796.